The predicted molar refractivity (Wildman–Crippen MR) is 60.3 cm³/mol. The van der Waals surface area contributed by atoms with Gasteiger partial charge in [0.25, 0.3) is 0 Å². The van der Waals surface area contributed by atoms with Gasteiger partial charge in [-0.15, -0.1) is 0 Å². The standard InChI is InChI=1S/C10H13N3O3S/c1-13-5-7-8(6-13)16-10-9(3-2-4-11-10)17(14,15)12-7/h2-4,7-8,12H,5-6H2,1H3/t7-,8+/m1/s1. The molecule has 0 unspecified atom stereocenters. The lowest BCUT2D eigenvalue weighted by Gasteiger charge is -2.14. The van der Waals surface area contributed by atoms with E-state index in [1.54, 1.807) is 6.07 Å². The van der Waals surface area contributed by atoms with Crippen LogP contribution in [0.25, 0.3) is 0 Å². The van der Waals surface area contributed by atoms with Crippen molar-refractivity contribution in [3.05, 3.63) is 18.3 Å². The fraction of sp³-hybridized carbons (Fsp3) is 0.500. The van der Waals surface area contributed by atoms with Crippen LogP contribution in [-0.4, -0.2) is 50.6 Å². The quantitative estimate of drug-likeness (QED) is 0.672. The van der Waals surface area contributed by atoms with E-state index in [9.17, 15) is 8.42 Å². The van der Waals surface area contributed by atoms with E-state index in [-0.39, 0.29) is 22.9 Å². The van der Waals surface area contributed by atoms with E-state index in [1.807, 2.05) is 11.9 Å². The molecule has 0 amide bonds. The number of likely N-dealkylation sites (tertiary alicyclic amines) is 1. The SMILES string of the molecule is CN1C[C@@H]2Oc3ncccc3S(=O)(=O)N[C@@H]2C1. The number of sulfonamides is 1. The average Bonchev–Trinajstić information content (AvgIpc) is 2.54. The van der Waals surface area contributed by atoms with Crippen molar-refractivity contribution in [1.29, 1.82) is 0 Å². The molecule has 1 fully saturated rings. The zero-order valence-corrected chi connectivity index (χ0v) is 10.1. The zero-order valence-electron chi connectivity index (χ0n) is 9.33. The van der Waals surface area contributed by atoms with Gasteiger partial charge >= 0.3 is 0 Å². The van der Waals surface area contributed by atoms with Crippen LogP contribution in [0.15, 0.2) is 23.2 Å². The maximum atomic E-state index is 12.1. The second kappa shape index (κ2) is 3.66. The summed E-state index contributed by atoms with van der Waals surface area (Å²) < 4.78 is 32.5. The number of nitrogens with one attached hydrogen (secondary N) is 1. The number of likely N-dealkylation sites (N-methyl/N-ethyl adjacent to an activating group) is 1. The highest BCUT2D eigenvalue weighted by molar-refractivity contribution is 7.89. The first-order chi connectivity index (χ1) is 8.06. The first kappa shape index (κ1) is 10.9. The number of rotatable bonds is 0. The van der Waals surface area contributed by atoms with Gasteiger partial charge in [0.2, 0.25) is 15.9 Å². The Morgan fingerprint density at radius 2 is 2.35 bits per heavy atom. The van der Waals surface area contributed by atoms with Crippen LogP contribution in [-0.2, 0) is 10.0 Å². The van der Waals surface area contributed by atoms with E-state index >= 15 is 0 Å². The number of hydrogen-bond donors (Lipinski definition) is 1. The minimum absolute atomic E-state index is 0.122. The molecule has 0 spiro atoms. The zero-order chi connectivity index (χ0) is 12.0. The number of pyridine rings is 1. The summed E-state index contributed by atoms with van der Waals surface area (Å²) in [6.07, 6.45) is 1.36. The molecule has 0 radical (unpaired) electrons. The van der Waals surface area contributed by atoms with Crippen LogP contribution in [0, 0.1) is 0 Å². The molecule has 1 N–H and O–H groups in total. The van der Waals surface area contributed by atoms with Crippen molar-refractivity contribution in [2.45, 2.75) is 17.0 Å². The summed E-state index contributed by atoms with van der Waals surface area (Å²) in [5.41, 5.74) is 0. The Bertz CT molecular complexity index is 545. The van der Waals surface area contributed by atoms with Gasteiger partial charge in [0.1, 0.15) is 11.0 Å². The van der Waals surface area contributed by atoms with Gasteiger partial charge in [0.05, 0.1) is 6.04 Å². The fourth-order valence-corrected chi connectivity index (χ4v) is 3.61. The lowest BCUT2D eigenvalue weighted by molar-refractivity contribution is 0.182. The van der Waals surface area contributed by atoms with Crippen LogP contribution in [0.2, 0.25) is 0 Å². The van der Waals surface area contributed by atoms with Gasteiger partial charge in [-0.25, -0.2) is 18.1 Å². The van der Waals surface area contributed by atoms with Crippen molar-refractivity contribution < 1.29 is 13.2 Å². The second-order valence-electron chi connectivity index (χ2n) is 4.41. The predicted octanol–water partition coefficient (Wildman–Crippen LogP) is -0.565. The van der Waals surface area contributed by atoms with Crippen molar-refractivity contribution in [2.24, 2.45) is 0 Å². The highest BCUT2D eigenvalue weighted by atomic mass is 32.2. The third-order valence-corrected chi connectivity index (χ3v) is 4.55. The molecule has 2 aliphatic rings. The minimum Gasteiger partial charge on any atom is -0.470 e. The number of hydrogen-bond acceptors (Lipinski definition) is 5. The Kier molecular flexibility index (Phi) is 2.35. The Morgan fingerprint density at radius 1 is 1.53 bits per heavy atom. The first-order valence-electron chi connectivity index (χ1n) is 5.39. The lowest BCUT2D eigenvalue weighted by Crippen LogP contribution is -2.42. The molecule has 2 atom stereocenters. The molecular weight excluding hydrogens is 242 g/mol. The maximum absolute atomic E-state index is 12.1. The molecule has 0 aliphatic carbocycles. The molecular formula is C10H13N3O3S. The summed E-state index contributed by atoms with van der Waals surface area (Å²) in [6.45, 7) is 1.35. The van der Waals surface area contributed by atoms with Crippen LogP contribution in [0.5, 0.6) is 5.88 Å². The molecule has 0 aromatic carbocycles. The molecule has 3 rings (SSSR count). The number of aromatic nitrogens is 1. The minimum atomic E-state index is -3.52. The normalized spacial score (nSPS) is 31.1. The summed E-state index contributed by atoms with van der Waals surface area (Å²) in [7, 11) is -1.58. The van der Waals surface area contributed by atoms with Gasteiger partial charge in [-0.05, 0) is 19.2 Å². The summed E-state index contributed by atoms with van der Waals surface area (Å²) in [5, 5.41) is 0. The summed E-state index contributed by atoms with van der Waals surface area (Å²) >= 11 is 0. The van der Waals surface area contributed by atoms with Crippen molar-refractivity contribution >= 4 is 10.0 Å². The molecule has 92 valence electrons. The molecule has 0 saturated carbocycles. The molecule has 1 aromatic heterocycles. The first-order valence-corrected chi connectivity index (χ1v) is 6.87. The van der Waals surface area contributed by atoms with Gasteiger partial charge in [-0.2, -0.15) is 0 Å². The highest BCUT2D eigenvalue weighted by Crippen LogP contribution is 2.28. The van der Waals surface area contributed by atoms with E-state index in [2.05, 4.69) is 9.71 Å². The molecule has 17 heavy (non-hydrogen) atoms. The van der Waals surface area contributed by atoms with Crippen molar-refractivity contribution in [3.63, 3.8) is 0 Å². The molecule has 7 heteroatoms. The van der Waals surface area contributed by atoms with Gasteiger partial charge in [-0.3, -0.25) is 0 Å². The summed E-state index contributed by atoms with van der Waals surface area (Å²) in [6, 6.07) is 2.89. The van der Waals surface area contributed by atoms with E-state index in [0.29, 0.717) is 13.1 Å². The lowest BCUT2D eigenvalue weighted by atomic mass is 10.2. The number of ether oxygens (including phenoxy) is 1. The molecule has 0 bridgehead atoms. The van der Waals surface area contributed by atoms with Gasteiger partial charge < -0.3 is 9.64 Å². The van der Waals surface area contributed by atoms with Crippen LogP contribution in [0.4, 0.5) is 0 Å². The number of fused-ring (bicyclic) bond motifs is 2. The van der Waals surface area contributed by atoms with E-state index in [1.165, 1.54) is 12.3 Å². The number of nitrogens with zero attached hydrogens (tertiary/aromatic N) is 2. The van der Waals surface area contributed by atoms with Crippen LogP contribution in [0.1, 0.15) is 0 Å². The van der Waals surface area contributed by atoms with Gasteiger partial charge in [-0.1, -0.05) is 0 Å². The Labute approximate surface area is 99.6 Å². The molecule has 3 heterocycles. The molecule has 6 nitrogen and oxygen atoms in total. The Hall–Kier alpha value is -1.18. The van der Waals surface area contributed by atoms with Crippen molar-refractivity contribution in [3.8, 4) is 5.88 Å². The van der Waals surface area contributed by atoms with Gasteiger partial charge in [0, 0.05) is 19.3 Å². The monoisotopic (exact) mass is 255 g/mol. The van der Waals surface area contributed by atoms with Crippen LogP contribution < -0.4 is 9.46 Å². The Balaban J connectivity index is 2.08. The van der Waals surface area contributed by atoms with E-state index < -0.39 is 10.0 Å². The van der Waals surface area contributed by atoms with E-state index in [0.717, 1.165) is 0 Å². The summed E-state index contributed by atoms with van der Waals surface area (Å²) in [5.74, 6) is 0.197. The van der Waals surface area contributed by atoms with E-state index in [4.69, 9.17) is 4.74 Å². The topological polar surface area (TPSA) is 71.5 Å². The molecule has 1 saturated heterocycles. The average molecular weight is 255 g/mol. The van der Waals surface area contributed by atoms with Crippen molar-refractivity contribution in [2.75, 3.05) is 20.1 Å². The van der Waals surface area contributed by atoms with Gasteiger partial charge in [0.15, 0.2) is 0 Å². The summed E-state index contributed by atoms with van der Waals surface area (Å²) in [4.78, 5) is 6.16. The third kappa shape index (κ3) is 1.80. The van der Waals surface area contributed by atoms with Crippen LogP contribution >= 0.6 is 0 Å². The fourth-order valence-electron chi connectivity index (χ4n) is 2.27. The molecule has 1 aromatic rings. The largest absolute Gasteiger partial charge is 0.470 e. The van der Waals surface area contributed by atoms with Crippen LogP contribution in [0.3, 0.4) is 0 Å². The molecule has 2 aliphatic heterocycles. The Morgan fingerprint density at radius 3 is 3.18 bits per heavy atom. The van der Waals surface area contributed by atoms with Crippen molar-refractivity contribution in [1.82, 2.24) is 14.6 Å². The smallest absolute Gasteiger partial charge is 0.246 e. The second-order valence-corrected chi connectivity index (χ2v) is 6.09. The third-order valence-electron chi connectivity index (χ3n) is 3.04. The maximum Gasteiger partial charge on any atom is 0.246 e. The highest BCUT2D eigenvalue weighted by Gasteiger charge is 2.40.